The molecule has 53 heavy (non-hydrogen) atoms. The standard InChI is InChI=1S/C23H23N3O.C13H16.C8H9N.C2H6.CH5N/c1-15(5-3-9-24)18-11-19(17-7-4-10-26-14-17)23-20(12-18)22-16(13-25)6-2-8-21(22)27-23;1-11-7-9-13(10-8-11)12-5-3-2-4-6-12;1-9-7-8-5-3-2-4-6-8;2*1-2/h2-12,26H,13-14,24-25H2,1H3;2-3,5,7,9H,4,6,8,10H2,1H3;2-6H,1,7H2;1-2H3;2H2,1H3/b9-3-,15-5+;;;;. The molecule has 7 rings (SSSR count). The van der Waals surface area contributed by atoms with Gasteiger partial charge >= 0.3 is 0 Å². The molecule has 6 nitrogen and oxygen atoms in total. The zero-order valence-electron chi connectivity index (χ0n) is 32.4. The zero-order chi connectivity index (χ0) is 38.4. The summed E-state index contributed by atoms with van der Waals surface area (Å²) in [5.74, 6) is 0. The van der Waals surface area contributed by atoms with E-state index in [0.717, 1.165) is 57.3 Å². The first-order valence-corrected chi connectivity index (χ1v) is 18.6. The first-order chi connectivity index (χ1) is 26.0. The lowest BCUT2D eigenvalue weighted by Crippen LogP contribution is -2.12. The summed E-state index contributed by atoms with van der Waals surface area (Å²) in [5, 5.41) is 5.48. The van der Waals surface area contributed by atoms with E-state index in [1.165, 1.54) is 49.4 Å². The minimum atomic E-state index is 0.475. The third-order valence-electron chi connectivity index (χ3n) is 8.89. The largest absolute Gasteiger partial charge is 0.455 e. The highest BCUT2D eigenvalue weighted by molar-refractivity contribution is 6.11. The van der Waals surface area contributed by atoms with E-state index in [4.69, 9.17) is 15.9 Å². The Bertz CT molecular complexity index is 2020. The molecule has 0 saturated carbocycles. The highest BCUT2D eigenvalue weighted by Gasteiger charge is 2.18. The van der Waals surface area contributed by atoms with Crippen LogP contribution in [0.2, 0.25) is 0 Å². The van der Waals surface area contributed by atoms with Gasteiger partial charge in [-0.1, -0.05) is 104 Å². The number of rotatable bonds is 7. The molecule has 0 unspecified atom stereocenters. The predicted octanol–water partition coefficient (Wildman–Crippen LogP) is 10.8. The molecule has 0 amide bonds. The maximum absolute atomic E-state index is 6.29. The van der Waals surface area contributed by atoms with Crippen molar-refractivity contribution < 1.29 is 4.42 Å². The molecule has 0 bridgehead atoms. The Kier molecular flexibility index (Phi) is 18.4. The van der Waals surface area contributed by atoms with Crippen molar-refractivity contribution in [1.29, 1.82) is 0 Å². The molecule has 6 heteroatoms. The molecule has 0 spiro atoms. The van der Waals surface area contributed by atoms with Crippen molar-refractivity contribution in [3.05, 3.63) is 167 Å². The van der Waals surface area contributed by atoms with Crippen LogP contribution < -0.4 is 22.5 Å². The van der Waals surface area contributed by atoms with Gasteiger partial charge in [-0.15, -0.1) is 0 Å². The van der Waals surface area contributed by atoms with Crippen LogP contribution in [0, 0.1) is 0 Å². The smallest absolute Gasteiger partial charge is 0.143 e. The average molecular weight is 710 g/mol. The number of aliphatic imine (C=N–C) groups is 1. The van der Waals surface area contributed by atoms with Gasteiger partial charge in [0.2, 0.25) is 0 Å². The monoisotopic (exact) mass is 709 g/mol. The van der Waals surface area contributed by atoms with Crippen LogP contribution in [0.1, 0.15) is 75.6 Å². The van der Waals surface area contributed by atoms with E-state index >= 15 is 0 Å². The van der Waals surface area contributed by atoms with Crippen LogP contribution in [0.25, 0.3) is 33.1 Å². The lowest BCUT2D eigenvalue weighted by atomic mass is 9.90. The highest BCUT2D eigenvalue weighted by atomic mass is 16.3. The highest BCUT2D eigenvalue weighted by Crippen LogP contribution is 2.38. The summed E-state index contributed by atoms with van der Waals surface area (Å²) in [6.45, 7) is 13.7. The van der Waals surface area contributed by atoms with E-state index in [2.05, 4.69) is 91.3 Å². The molecule has 3 aromatic carbocycles. The molecule has 2 heterocycles. The number of allylic oxidation sites excluding steroid dienone is 13. The molecule has 0 saturated heterocycles. The van der Waals surface area contributed by atoms with Crippen LogP contribution in [-0.2, 0) is 13.1 Å². The molecule has 1 aliphatic heterocycles. The van der Waals surface area contributed by atoms with Crippen LogP contribution in [-0.4, -0.2) is 20.3 Å². The second kappa shape index (κ2) is 23.2. The van der Waals surface area contributed by atoms with Gasteiger partial charge in [0.1, 0.15) is 11.2 Å². The molecule has 0 atom stereocenters. The summed E-state index contributed by atoms with van der Waals surface area (Å²) >= 11 is 0. The van der Waals surface area contributed by atoms with E-state index < -0.39 is 0 Å². The maximum Gasteiger partial charge on any atom is 0.143 e. The van der Waals surface area contributed by atoms with Crippen molar-refractivity contribution >= 4 is 39.8 Å². The number of nitrogens with zero attached hydrogens (tertiary/aromatic N) is 1. The lowest BCUT2D eigenvalue weighted by Gasteiger charge is -2.16. The van der Waals surface area contributed by atoms with Crippen molar-refractivity contribution in [1.82, 2.24) is 5.32 Å². The van der Waals surface area contributed by atoms with Gasteiger partial charge in [-0.3, -0.25) is 4.99 Å². The molecular weight excluding hydrogens is 651 g/mol. The van der Waals surface area contributed by atoms with Gasteiger partial charge in [-0.05, 0) is 135 Å². The topological polar surface area (TPSA) is 116 Å². The number of benzene rings is 3. The van der Waals surface area contributed by atoms with Crippen molar-refractivity contribution in [2.24, 2.45) is 22.2 Å². The summed E-state index contributed by atoms with van der Waals surface area (Å²) in [7, 11) is 1.50. The molecule has 2 aliphatic carbocycles. The first kappa shape index (κ1) is 42.0. The SMILES string of the molecule is C/C(=C\C=C/N)c1cc(C2=CC=CNC2)c2oc3cccc(CN)c3c2c1.C=NCc1ccccc1.CC.CC1=CC=C(C2=CC=CCC2)CC1.CN. The molecule has 3 aliphatic rings. The van der Waals surface area contributed by atoms with Gasteiger partial charge in [0, 0.05) is 29.4 Å². The quantitative estimate of drug-likeness (QED) is 0.113. The zero-order valence-corrected chi connectivity index (χ0v) is 32.4. The summed E-state index contributed by atoms with van der Waals surface area (Å²) < 4.78 is 6.29. The number of nitrogens with one attached hydrogen (secondary N) is 1. The fourth-order valence-corrected chi connectivity index (χ4v) is 6.17. The Morgan fingerprint density at radius 2 is 1.66 bits per heavy atom. The van der Waals surface area contributed by atoms with E-state index in [1.54, 1.807) is 17.3 Å². The van der Waals surface area contributed by atoms with Crippen molar-refractivity contribution in [3.8, 4) is 0 Å². The average Bonchev–Trinajstić information content (AvgIpc) is 3.62. The van der Waals surface area contributed by atoms with Gasteiger partial charge in [-0.2, -0.15) is 0 Å². The Labute approximate surface area is 317 Å². The Balaban J connectivity index is 0.000000240. The van der Waals surface area contributed by atoms with Gasteiger partial charge in [-0.25, -0.2) is 0 Å². The second-order valence-corrected chi connectivity index (χ2v) is 12.4. The number of hydrogen-bond acceptors (Lipinski definition) is 6. The summed E-state index contributed by atoms with van der Waals surface area (Å²) in [4.78, 5) is 3.76. The first-order valence-electron chi connectivity index (χ1n) is 18.6. The number of hydrogen-bond donors (Lipinski definition) is 4. The number of fused-ring (bicyclic) bond motifs is 3. The molecule has 4 aromatic rings. The van der Waals surface area contributed by atoms with Gasteiger partial charge < -0.3 is 26.9 Å². The van der Waals surface area contributed by atoms with Gasteiger partial charge in [0.05, 0.1) is 6.54 Å². The fourth-order valence-electron chi connectivity index (χ4n) is 6.17. The van der Waals surface area contributed by atoms with E-state index in [0.29, 0.717) is 6.54 Å². The normalized spacial score (nSPS) is 14.7. The van der Waals surface area contributed by atoms with Crippen LogP contribution in [0.15, 0.2) is 154 Å². The van der Waals surface area contributed by atoms with Crippen molar-refractivity contribution in [3.63, 3.8) is 0 Å². The third-order valence-corrected chi connectivity index (χ3v) is 8.89. The Hall–Kier alpha value is -5.43. The minimum Gasteiger partial charge on any atom is -0.455 e. The van der Waals surface area contributed by atoms with Crippen LogP contribution in [0.5, 0.6) is 0 Å². The molecule has 7 N–H and O–H groups in total. The molecular formula is C47H59N5O. The number of nitrogens with two attached hydrogens (primary N) is 3. The van der Waals surface area contributed by atoms with Crippen molar-refractivity contribution in [2.75, 3.05) is 13.6 Å². The van der Waals surface area contributed by atoms with Gasteiger partial charge in [0.15, 0.2) is 0 Å². The Morgan fingerprint density at radius 3 is 2.28 bits per heavy atom. The molecule has 1 aromatic heterocycles. The molecule has 0 radical (unpaired) electrons. The minimum absolute atomic E-state index is 0.475. The van der Waals surface area contributed by atoms with Gasteiger partial charge in [0.25, 0.3) is 0 Å². The summed E-state index contributed by atoms with van der Waals surface area (Å²) in [6, 6.07) is 20.5. The van der Waals surface area contributed by atoms with Crippen molar-refractivity contribution in [2.45, 2.75) is 66.5 Å². The van der Waals surface area contributed by atoms with Crippen LogP contribution in [0.4, 0.5) is 0 Å². The molecule has 278 valence electrons. The lowest BCUT2D eigenvalue weighted by molar-refractivity contribution is 0.667. The predicted molar refractivity (Wildman–Crippen MR) is 232 cm³/mol. The van der Waals surface area contributed by atoms with E-state index in [-0.39, 0.29) is 0 Å². The summed E-state index contributed by atoms with van der Waals surface area (Å²) in [6.07, 6.45) is 27.7. The van der Waals surface area contributed by atoms with Crippen LogP contribution in [0.3, 0.4) is 0 Å². The number of dihydropyridines is 1. The Morgan fingerprint density at radius 1 is 0.906 bits per heavy atom. The third kappa shape index (κ3) is 12.1. The fraction of sp³-hybridized carbons (Fsp3) is 0.255. The van der Waals surface area contributed by atoms with E-state index in [9.17, 15) is 0 Å². The molecule has 0 fully saturated rings. The van der Waals surface area contributed by atoms with Crippen LogP contribution >= 0.6 is 0 Å². The second-order valence-electron chi connectivity index (χ2n) is 12.4. The maximum atomic E-state index is 6.29. The summed E-state index contributed by atoms with van der Waals surface area (Å²) in [5.41, 5.74) is 29.3. The van der Waals surface area contributed by atoms with E-state index in [1.807, 2.05) is 80.7 Å². The number of furan rings is 1.